The smallest absolute Gasteiger partial charge is 0.0266 e. The van der Waals surface area contributed by atoms with E-state index in [1.54, 1.807) is 12.3 Å². The van der Waals surface area contributed by atoms with Crippen LogP contribution in [-0.4, -0.2) is 6.72 Å². The van der Waals surface area contributed by atoms with Crippen molar-refractivity contribution in [2.24, 2.45) is 4.99 Å². The third-order valence-electron chi connectivity index (χ3n) is 1.29. The molecule has 0 bridgehead atoms. The van der Waals surface area contributed by atoms with E-state index < -0.39 is 0 Å². The van der Waals surface area contributed by atoms with Crippen molar-refractivity contribution >= 4 is 6.72 Å². The highest BCUT2D eigenvalue weighted by atomic mass is 14.6. The van der Waals surface area contributed by atoms with Gasteiger partial charge in [0, 0.05) is 6.20 Å². The minimum absolute atomic E-state index is 0.896. The van der Waals surface area contributed by atoms with Crippen LogP contribution in [0.4, 0.5) is 0 Å². The average molecular weight is 147 g/mol. The SMILES string of the molecule is C=CC(=C)C(/C=C\N=C)=C/C. The van der Waals surface area contributed by atoms with Crippen LogP contribution in [0.15, 0.2) is 53.7 Å². The predicted molar refractivity (Wildman–Crippen MR) is 51.8 cm³/mol. The third kappa shape index (κ3) is 3.36. The molecule has 0 saturated carbocycles. The lowest BCUT2D eigenvalue weighted by molar-refractivity contribution is 1.49. The van der Waals surface area contributed by atoms with Crippen molar-refractivity contribution in [3.8, 4) is 0 Å². The maximum absolute atomic E-state index is 3.80. The standard InChI is InChI=1S/C10H13N/c1-5-9(3)10(6-2)7-8-11-4/h5-8H,1,3-4H2,2H3/b8-7-,10-6+. The van der Waals surface area contributed by atoms with E-state index in [2.05, 4.69) is 24.9 Å². The first kappa shape index (κ1) is 9.63. The molecule has 0 rings (SSSR count). The molecule has 1 heteroatoms. The molecule has 0 atom stereocenters. The van der Waals surface area contributed by atoms with Crippen LogP contribution >= 0.6 is 0 Å². The summed E-state index contributed by atoms with van der Waals surface area (Å²) in [4.78, 5) is 3.59. The second-order valence-corrected chi connectivity index (χ2v) is 1.97. The molecule has 0 spiro atoms. The van der Waals surface area contributed by atoms with Gasteiger partial charge < -0.3 is 0 Å². The molecule has 0 heterocycles. The van der Waals surface area contributed by atoms with E-state index in [-0.39, 0.29) is 0 Å². The minimum Gasteiger partial charge on any atom is -0.272 e. The van der Waals surface area contributed by atoms with Gasteiger partial charge in [0.05, 0.1) is 0 Å². The van der Waals surface area contributed by atoms with Crippen molar-refractivity contribution in [2.75, 3.05) is 0 Å². The summed E-state index contributed by atoms with van der Waals surface area (Å²) in [6, 6.07) is 0. The molecule has 0 aliphatic carbocycles. The lowest BCUT2D eigenvalue weighted by atomic mass is 10.1. The Bertz CT molecular complexity index is 219. The molecule has 0 aromatic rings. The summed E-state index contributed by atoms with van der Waals surface area (Å²) in [6.45, 7) is 12.7. The molecule has 0 N–H and O–H groups in total. The van der Waals surface area contributed by atoms with E-state index in [0.29, 0.717) is 0 Å². The zero-order valence-electron chi connectivity index (χ0n) is 6.88. The Kier molecular flexibility index (Phi) is 4.74. The summed E-state index contributed by atoms with van der Waals surface area (Å²) in [7, 11) is 0. The number of hydrogen-bond donors (Lipinski definition) is 0. The first-order chi connectivity index (χ1) is 5.26. The zero-order chi connectivity index (χ0) is 8.69. The summed E-state index contributed by atoms with van der Waals surface area (Å²) in [5.41, 5.74) is 1.92. The molecule has 0 fully saturated rings. The van der Waals surface area contributed by atoms with Crippen molar-refractivity contribution in [3.63, 3.8) is 0 Å². The Labute approximate surface area is 68.2 Å². The van der Waals surface area contributed by atoms with Crippen molar-refractivity contribution < 1.29 is 0 Å². The lowest BCUT2D eigenvalue weighted by Crippen LogP contribution is -1.77. The summed E-state index contributed by atoms with van der Waals surface area (Å²) in [5.74, 6) is 0. The Hall–Kier alpha value is -1.37. The van der Waals surface area contributed by atoms with Crippen molar-refractivity contribution in [1.29, 1.82) is 0 Å². The van der Waals surface area contributed by atoms with Gasteiger partial charge in [-0.2, -0.15) is 0 Å². The molecule has 0 radical (unpaired) electrons. The first-order valence-corrected chi connectivity index (χ1v) is 3.36. The fraction of sp³-hybridized carbons (Fsp3) is 0.100. The second kappa shape index (κ2) is 5.42. The highest BCUT2D eigenvalue weighted by Gasteiger charge is 1.90. The fourth-order valence-corrected chi connectivity index (χ4v) is 0.640. The molecule has 0 aromatic heterocycles. The summed E-state index contributed by atoms with van der Waals surface area (Å²) < 4.78 is 0. The van der Waals surface area contributed by atoms with Gasteiger partial charge in [0.1, 0.15) is 0 Å². The minimum atomic E-state index is 0.896. The van der Waals surface area contributed by atoms with Crippen LogP contribution in [0.1, 0.15) is 6.92 Å². The Balaban J connectivity index is 4.43. The van der Waals surface area contributed by atoms with Gasteiger partial charge in [-0.25, -0.2) is 0 Å². The van der Waals surface area contributed by atoms with Gasteiger partial charge in [0.25, 0.3) is 0 Å². The van der Waals surface area contributed by atoms with Crippen molar-refractivity contribution in [1.82, 2.24) is 0 Å². The van der Waals surface area contributed by atoms with Gasteiger partial charge >= 0.3 is 0 Å². The van der Waals surface area contributed by atoms with Gasteiger partial charge in [-0.05, 0) is 30.9 Å². The molecule has 0 amide bonds. The van der Waals surface area contributed by atoms with Crippen LogP contribution in [0.3, 0.4) is 0 Å². The topological polar surface area (TPSA) is 12.4 Å². The number of aliphatic imine (C=N–C) groups is 1. The largest absolute Gasteiger partial charge is 0.272 e. The highest BCUT2D eigenvalue weighted by molar-refractivity contribution is 5.43. The molecule has 0 unspecified atom stereocenters. The average Bonchev–Trinajstić information content (AvgIpc) is 2.05. The van der Waals surface area contributed by atoms with Crippen LogP contribution in [0.5, 0.6) is 0 Å². The quantitative estimate of drug-likeness (QED) is 0.428. The van der Waals surface area contributed by atoms with E-state index in [4.69, 9.17) is 0 Å². The maximum Gasteiger partial charge on any atom is 0.0266 e. The van der Waals surface area contributed by atoms with E-state index in [1.807, 2.05) is 19.1 Å². The molecule has 0 aromatic carbocycles. The van der Waals surface area contributed by atoms with Crippen LogP contribution in [0, 0.1) is 0 Å². The Morgan fingerprint density at radius 3 is 2.45 bits per heavy atom. The van der Waals surface area contributed by atoms with Gasteiger partial charge in [-0.15, -0.1) is 0 Å². The monoisotopic (exact) mass is 147 g/mol. The summed E-state index contributed by atoms with van der Waals surface area (Å²) in [6.07, 6.45) is 7.13. The van der Waals surface area contributed by atoms with E-state index in [0.717, 1.165) is 11.1 Å². The van der Waals surface area contributed by atoms with Gasteiger partial charge in [0.2, 0.25) is 0 Å². The molecule has 11 heavy (non-hydrogen) atoms. The van der Waals surface area contributed by atoms with Crippen LogP contribution in [0.2, 0.25) is 0 Å². The number of rotatable bonds is 4. The Morgan fingerprint density at radius 1 is 1.45 bits per heavy atom. The van der Waals surface area contributed by atoms with Crippen LogP contribution < -0.4 is 0 Å². The zero-order valence-corrected chi connectivity index (χ0v) is 6.88. The molecular weight excluding hydrogens is 134 g/mol. The molecule has 0 aliphatic rings. The molecule has 1 nitrogen and oxygen atoms in total. The summed E-state index contributed by atoms with van der Waals surface area (Å²) in [5, 5.41) is 0. The second-order valence-electron chi connectivity index (χ2n) is 1.97. The van der Waals surface area contributed by atoms with Crippen molar-refractivity contribution in [3.05, 3.63) is 48.7 Å². The van der Waals surface area contributed by atoms with E-state index >= 15 is 0 Å². The normalized spacial score (nSPS) is 11.5. The maximum atomic E-state index is 3.80. The predicted octanol–water partition coefficient (Wildman–Crippen LogP) is 2.89. The van der Waals surface area contributed by atoms with E-state index in [1.165, 1.54) is 0 Å². The lowest BCUT2D eigenvalue weighted by Gasteiger charge is -1.97. The van der Waals surface area contributed by atoms with Crippen molar-refractivity contribution in [2.45, 2.75) is 6.92 Å². The Morgan fingerprint density at radius 2 is 2.09 bits per heavy atom. The van der Waals surface area contributed by atoms with Crippen LogP contribution in [-0.2, 0) is 0 Å². The number of allylic oxidation sites excluding steroid dienone is 5. The van der Waals surface area contributed by atoms with Gasteiger partial charge in [-0.1, -0.05) is 25.3 Å². The molecular formula is C10H13N. The molecule has 0 saturated heterocycles. The van der Waals surface area contributed by atoms with Gasteiger partial charge in [0.15, 0.2) is 0 Å². The van der Waals surface area contributed by atoms with Gasteiger partial charge in [-0.3, -0.25) is 4.99 Å². The first-order valence-electron chi connectivity index (χ1n) is 3.36. The molecule has 0 aliphatic heterocycles. The number of hydrogen-bond acceptors (Lipinski definition) is 1. The number of nitrogens with zero attached hydrogens (tertiary/aromatic N) is 1. The molecule has 58 valence electrons. The highest BCUT2D eigenvalue weighted by Crippen LogP contribution is 2.09. The summed E-state index contributed by atoms with van der Waals surface area (Å²) >= 11 is 0. The van der Waals surface area contributed by atoms with Crippen LogP contribution in [0.25, 0.3) is 0 Å². The van der Waals surface area contributed by atoms with E-state index in [9.17, 15) is 0 Å². The fourth-order valence-electron chi connectivity index (χ4n) is 0.640. The third-order valence-corrected chi connectivity index (χ3v) is 1.29.